The van der Waals surface area contributed by atoms with Gasteiger partial charge in [-0.1, -0.05) is 18.6 Å². The number of piperazine rings is 1. The third kappa shape index (κ3) is 4.92. The van der Waals surface area contributed by atoms with E-state index in [4.69, 9.17) is 0 Å². The average Bonchev–Trinajstić information content (AvgIpc) is 2.96. The van der Waals surface area contributed by atoms with Crippen LogP contribution >= 0.6 is 11.3 Å². The number of amides is 1. The number of fused-ring (bicyclic) bond motifs is 1. The average molecular weight is 454 g/mol. The lowest BCUT2D eigenvalue weighted by atomic mass is 10.1. The molecule has 0 atom stereocenters. The Morgan fingerprint density at radius 1 is 1.16 bits per heavy atom. The van der Waals surface area contributed by atoms with Crippen LogP contribution in [0.25, 0.3) is 0 Å². The van der Waals surface area contributed by atoms with Gasteiger partial charge < -0.3 is 10.2 Å². The fourth-order valence-corrected chi connectivity index (χ4v) is 5.75. The number of thiophene rings is 1. The van der Waals surface area contributed by atoms with Crippen molar-refractivity contribution in [2.45, 2.75) is 38.5 Å². The summed E-state index contributed by atoms with van der Waals surface area (Å²) in [5.74, 6) is -0.0703. The molecule has 0 spiro atoms. The summed E-state index contributed by atoms with van der Waals surface area (Å²) in [5.41, 5.74) is 2.56. The summed E-state index contributed by atoms with van der Waals surface area (Å²) in [4.78, 5) is 29.0. The number of carbonyl (C=O) groups is 1. The third-order valence-electron chi connectivity index (χ3n) is 6.23. The van der Waals surface area contributed by atoms with Crippen molar-refractivity contribution in [2.24, 2.45) is 0 Å². The van der Waals surface area contributed by atoms with Crippen LogP contribution in [0.3, 0.4) is 0 Å². The maximum Gasteiger partial charge on any atom is 0.292 e. The molecule has 0 saturated carbocycles. The molecule has 0 radical (unpaired) electrons. The predicted octanol–water partition coefficient (Wildman–Crippen LogP) is 3.95. The van der Waals surface area contributed by atoms with E-state index in [1.54, 1.807) is 23.5 Å². The second kappa shape index (κ2) is 10.1. The Hall–Kier alpha value is -2.96. The molecule has 168 valence electrons. The van der Waals surface area contributed by atoms with Crippen LogP contribution < -0.4 is 10.2 Å². The summed E-state index contributed by atoms with van der Waals surface area (Å²) < 4.78 is 0. The smallest absolute Gasteiger partial charge is 0.292 e. The molecule has 1 amide bonds. The number of hydrogen-bond acceptors (Lipinski definition) is 7. The van der Waals surface area contributed by atoms with Crippen LogP contribution in [0.5, 0.6) is 0 Å². The number of nitro benzene ring substituents is 1. The minimum atomic E-state index is -0.342. The highest BCUT2D eigenvalue weighted by atomic mass is 32.1. The second-order valence-electron chi connectivity index (χ2n) is 8.25. The first-order chi connectivity index (χ1) is 15.6. The van der Waals surface area contributed by atoms with E-state index in [0.29, 0.717) is 42.3 Å². The van der Waals surface area contributed by atoms with Gasteiger partial charge in [-0.3, -0.25) is 19.8 Å². The van der Waals surface area contributed by atoms with E-state index in [0.717, 1.165) is 44.3 Å². The molecular weight excluding hydrogens is 426 g/mol. The minimum Gasteiger partial charge on any atom is -0.363 e. The monoisotopic (exact) mass is 453 g/mol. The van der Waals surface area contributed by atoms with Gasteiger partial charge >= 0.3 is 0 Å². The summed E-state index contributed by atoms with van der Waals surface area (Å²) in [5, 5.41) is 24.6. The highest BCUT2D eigenvalue weighted by Gasteiger charge is 2.24. The molecular formula is C23H27N5O3S. The van der Waals surface area contributed by atoms with E-state index in [1.807, 2.05) is 11.0 Å². The van der Waals surface area contributed by atoms with E-state index < -0.39 is 0 Å². The number of anilines is 2. The van der Waals surface area contributed by atoms with Crippen molar-refractivity contribution in [3.63, 3.8) is 0 Å². The van der Waals surface area contributed by atoms with Gasteiger partial charge in [0.2, 0.25) is 5.91 Å². The summed E-state index contributed by atoms with van der Waals surface area (Å²) in [6, 6.07) is 9.13. The van der Waals surface area contributed by atoms with Gasteiger partial charge in [-0.2, -0.15) is 5.26 Å². The fraction of sp³-hybridized carbons (Fsp3) is 0.478. The Balaban J connectivity index is 1.29. The lowest BCUT2D eigenvalue weighted by molar-refractivity contribution is -0.384. The van der Waals surface area contributed by atoms with Crippen molar-refractivity contribution in [3.05, 3.63) is 50.4 Å². The number of nitrogens with zero attached hydrogens (tertiary/aromatic N) is 4. The minimum absolute atomic E-state index is 0.0703. The van der Waals surface area contributed by atoms with Crippen molar-refractivity contribution in [1.82, 2.24) is 4.90 Å². The Labute approximate surface area is 191 Å². The highest BCUT2D eigenvalue weighted by molar-refractivity contribution is 7.16. The zero-order valence-electron chi connectivity index (χ0n) is 18.0. The second-order valence-corrected chi connectivity index (χ2v) is 9.36. The lowest BCUT2D eigenvalue weighted by Crippen LogP contribution is -2.47. The molecule has 0 unspecified atom stereocenters. The Morgan fingerprint density at radius 2 is 1.91 bits per heavy atom. The zero-order chi connectivity index (χ0) is 22.5. The van der Waals surface area contributed by atoms with Crippen LogP contribution in [0.15, 0.2) is 24.3 Å². The Kier molecular flexibility index (Phi) is 7.02. The van der Waals surface area contributed by atoms with Crippen LogP contribution in [-0.2, 0) is 17.6 Å². The molecule has 8 nitrogen and oxygen atoms in total. The molecule has 2 heterocycles. The van der Waals surface area contributed by atoms with Gasteiger partial charge in [0.05, 0.1) is 10.5 Å². The number of nitrogens with one attached hydrogen (secondary N) is 1. The molecule has 32 heavy (non-hydrogen) atoms. The summed E-state index contributed by atoms with van der Waals surface area (Å²) in [6.07, 6.45) is 5.72. The zero-order valence-corrected chi connectivity index (χ0v) is 18.8. The SMILES string of the molecule is N#Cc1c(NC(=O)CCN2CCN(c3ccccc3[N+](=O)[O-])CC2)sc2c1CCCCC2. The number of carbonyl (C=O) groups excluding carboxylic acids is 1. The van der Waals surface area contributed by atoms with Crippen molar-refractivity contribution in [3.8, 4) is 6.07 Å². The van der Waals surface area contributed by atoms with Crippen molar-refractivity contribution in [1.29, 1.82) is 5.26 Å². The number of aryl methyl sites for hydroxylation is 1. The van der Waals surface area contributed by atoms with Gasteiger partial charge in [0.25, 0.3) is 5.69 Å². The standard InChI is InChI=1S/C23H27N5O3S/c24-16-18-17-6-2-1-3-9-21(17)32-23(18)25-22(29)10-11-26-12-14-27(15-13-26)19-7-4-5-8-20(19)28(30)31/h4-5,7-8H,1-3,6,9-15H2,(H,25,29). The largest absolute Gasteiger partial charge is 0.363 e. The van der Waals surface area contributed by atoms with Gasteiger partial charge in [-0.15, -0.1) is 11.3 Å². The molecule has 1 N–H and O–H groups in total. The Morgan fingerprint density at radius 3 is 2.66 bits per heavy atom. The molecule has 0 bridgehead atoms. The molecule has 1 saturated heterocycles. The maximum absolute atomic E-state index is 12.6. The van der Waals surface area contributed by atoms with Crippen LogP contribution in [0.2, 0.25) is 0 Å². The molecule has 1 aliphatic carbocycles. The van der Waals surface area contributed by atoms with E-state index in [-0.39, 0.29) is 16.5 Å². The molecule has 1 aromatic heterocycles. The Bertz CT molecular complexity index is 1040. The van der Waals surface area contributed by atoms with Crippen molar-refractivity contribution >= 4 is 33.6 Å². The first-order valence-corrected chi connectivity index (χ1v) is 11.9. The first-order valence-electron chi connectivity index (χ1n) is 11.1. The van der Waals surface area contributed by atoms with Crippen LogP contribution in [0, 0.1) is 21.4 Å². The molecule has 1 aromatic carbocycles. The predicted molar refractivity (Wildman–Crippen MR) is 125 cm³/mol. The van der Waals surface area contributed by atoms with Crippen molar-refractivity contribution < 1.29 is 9.72 Å². The van der Waals surface area contributed by atoms with Crippen LogP contribution in [-0.4, -0.2) is 48.5 Å². The summed E-state index contributed by atoms with van der Waals surface area (Å²) in [7, 11) is 0. The van der Waals surface area contributed by atoms with Crippen LogP contribution in [0.4, 0.5) is 16.4 Å². The maximum atomic E-state index is 12.6. The van der Waals surface area contributed by atoms with E-state index in [9.17, 15) is 20.2 Å². The van der Waals surface area contributed by atoms with Gasteiger partial charge in [-0.05, 0) is 37.3 Å². The van der Waals surface area contributed by atoms with Gasteiger partial charge in [0.15, 0.2) is 0 Å². The molecule has 9 heteroatoms. The molecule has 1 fully saturated rings. The highest BCUT2D eigenvalue weighted by Crippen LogP contribution is 2.37. The molecule has 4 rings (SSSR count). The number of para-hydroxylation sites is 2. The third-order valence-corrected chi connectivity index (χ3v) is 7.44. The summed E-state index contributed by atoms with van der Waals surface area (Å²) >= 11 is 1.56. The van der Waals surface area contributed by atoms with Gasteiger partial charge in [0.1, 0.15) is 16.8 Å². The van der Waals surface area contributed by atoms with E-state index >= 15 is 0 Å². The number of benzene rings is 1. The van der Waals surface area contributed by atoms with Crippen molar-refractivity contribution in [2.75, 3.05) is 42.9 Å². The summed E-state index contributed by atoms with van der Waals surface area (Å²) in [6.45, 7) is 3.49. The quantitative estimate of drug-likeness (QED) is 0.404. The number of nitriles is 1. The van der Waals surface area contributed by atoms with Crippen LogP contribution in [0.1, 0.15) is 41.7 Å². The number of hydrogen-bond donors (Lipinski definition) is 1. The topological polar surface area (TPSA) is 103 Å². The first kappa shape index (κ1) is 22.2. The van der Waals surface area contributed by atoms with Gasteiger partial charge in [0, 0.05) is 50.1 Å². The lowest BCUT2D eigenvalue weighted by Gasteiger charge is -2.35. The van der Waals surface area contributed by atoms with E-state index in [1.165, 1.54) is 17.4 Å². The van der Waals surface area contributed by atoms with Gasteiger partial charge in [-0.25, -0.2) is 0 Å². The number of nitro groups is 1. The molecule has 2 aromatic rings. The number of rotatable bonds is 6. The molecule has 1 aliphatic heterocycles. The normalized spacial score (nSPS) is 16.7. The molecule has 2 aliphatic rings. The van der Waals surface area contributed by atoms with E-state index in [2.05, 4.69) is 16.3 Å². The fourth-order valence-electron chi connectivity index (χ4n) is 4.50.